The molecular weight excluding hydrogens is 614 g/mol. The maximum absolute atomic E-state index is 15.6. The zero-order chi connectivity index (χ0) is 34.1. The quantitative estimate of drug-likeness (QED) is 0.367. The number of methoxy groups -OCH3 is 1. The molecule has 48 heavy (non-hydrogen) atoms. The van der Waals surface area contributed by atoms with E-state index >= 15 is 4.39 Å². The minimum Gasteiger partial charge on any atom is -0.453 e. The van der Waals surface area contributed by atoms with E-state index in [-0.39, 0.29) is 29.1 Å². The SMILES string of the molecule is COC(=O)N[C@H]1CCC[C@@H]1[C@](CN1CCC1)(c1cccc(F)c1)C1CCN(CC2(O)CN(c3ccc(C#N)c(CN(C)C)c3F)C2)CC1. The number of nitriles is 1. The maximum Gasteiger partial charge on any atom is 0.407 e. The Balaban J connectivity index is 1.18. The standard InChI is InChI=1S/C37H50F2N6O3/c1-42(2)21-30-26(20-40)11-12-33(34(30)39)45-23-36(47,24-45)22-44-17-13-27(14-18-44)37(25-43-15-6-16-43,28-7-4-8-29(38)19-28)31-9-5-10-32(31)41-35(46)48-3/h4,7-8,11-12,19,27,31-32,47H,5-6,9-10,13-18,21-25H2,1-3H3,(H,41,46)/t31-,32-,37-/m0/s1. The number of piperidine rings is 1. The van der Waals surface area contributed by atoms with Crippen LogP contribution in [0.5, 0.6) is 0 Å². The van der Waals surface area contributed by atoms with Crippen molar-refractivity contribution in [3.8, 4) is 6.07 Å². The lowest BCUT2D eigenvalue weighted by Crippen LogP contribution is -2.67. The van der Waals surface area contributed by atoms with Crippen molar-refractivity contribution in [1.82, 2.24) is 20.0 Å². The van der Waals surface area contributed by atoms with Gasteiger partial charge in [-0.1, -0.05) is 18.6 Å². The number of rotatable bonds is 11. The van der Waals surface area contributed by atoms with E-state index in [0.29, 0.717) is 43.0 Å². The fourth-order valence-corrected chi connectivity index (χ4v) is 9.12. The molecule has 11 heteroatoms. The van der Waals surface area contributed by atoms with Crippen LogP contribution < -0.4 is 10.2 Å². The second-order valence-electron chi connectivity index (χ2n) is 14.9. The van der Waals surface area contributed by atoms with Crippen LogP contribution in [0.2, 0.25) is 0 Å². The highest BCUT2D eigenvalue weighted by atomic mass is 19.1. The van der Waals surface area contributed by atoms with Crippen molar-refractivity contribution in [3.63, 3.8) is 0 Å². The Kier molecular flexibility index (Phi) is 10.3. The van der Waals surface area contributed by atoms with Crippen molar-refractivity contribution in [2.45, 2.75) is 62.1 Å². The molecule has 3 aliphatic heterocycles. The van der Waals surface area contributed by atoms with Crippen molar-refractivity contribution < 1.29 is 23.4 Å². The number of hydrogen-bond donors (Lipinski definition) is 2. The van der Waals surface area contributed by atoms with Crippen LogP contribution >= 0.6 is 0 Å². The molecule has 2 N–H and O–H groups in total. The summed E-state index contributed by atoms with van der Waals surface area (Å²) in [6, 6.07) is 12.5. The molecule has 2 aromatic rings. The average Bonchev–Trinajstić information content (AvgIpc) is 3.49. The summed E-state index contributed by atoms with van der Waals surface area (Å²) < 4.78 is 35.5. The van der Waals surface area contributed by atoms with Gasteiger partial charge in [-0.2, -0.15) is 5.26 Å². The Hall–Kier alpha value is -3.30. The first-order valence-electron chi connectivity index (χ1n) is 17.4. The van der Waals surface area contributed by atoms with Crippen LogP contribution in [0.3, 0.4) is 0 Å². The lowest BCUT2D eigenvalue weighted by atomic mass is 9.57. The molecule has 260 valence electrons. The van der Waals surface area contributed by atoms with Gasteiger partial charge in [0.2, 0.25) is 0 Å². The van der Waals surface area contributed by atoms with Gasteiger partial charge in [-0.15, -0.1) is 0 Å². The number of amides is 1. The minimum absolute atomic E-state index is 0.0532. The van der Waals surface area contributed by atoms with E-state index in [2.05, 4.69) is 27.3 Å². The molecule has 3 saturated heterocycles. The zero-order valence-electron chi connectivity index (χ0n) is 28.6. The van der Waals surface area contributed by atoms with E-state index in [1.807, 2.05) is 30.0 Å². The number of carbonyl (C=O) groups is 1. The van der Waals surface area contributed by atoms with Crippen molar-refractivity contribution in [1.29, 1.82) is 5.26 Å². The van der Waals surface area contributed by atoms with E-state index in [4.69, 9.17) is 4.74 Å². The number of ether oxygens (including phenoxy) is 1. The molecule has 1 aliphatic carbocycles. The molecule has 2 aromatic carbocycles. The van der Waals surface area contributed by atoms with Crippen LogP contribution in [-0.2, 0) is 16.7 Å². The Bertz CT molecular complexity index is 1500. The van der Waals surface area contributed by atoms with Crippen molar-refractivity contribution >= 4 is 11.8 Å². The zero-order valence-corrected chi connectivity index (χ0v) is 28.6. The van der Waals surface area contributed by atoms with Gasteiger partial charge in [0.05, 0.1) is 24.4 Å². The van der Waals surface area contributed by atoms with E-state index in [1.54, 1.807) is 18.2 Å². The Morgan fingerprint density at radius 1 is 1.08 bits per heavy atom. The number of β-amino-alcohol motifs (C(OH)–C–C–N with tert-alkyl or cyclic N) is 1. The van der Waals surface area contributed by atoms with Gasteiger partial charge in [-0.3, -0.25) is 0 Å². The average molecular weight is 665 g/mol. The summed E-state index contributed by atoms with van der Waals surface area (Å²) in [5.41, 5.74) is 0.835. The molecule has 0 spiro atoms. The number of hydrogen-bond acceptors (Lipinski definition) is 8. The van der Waals surface area contributed by atoms with Gasteiger partial charge in [0.15, 0.2) is 5.82 Å². The third-order valence-electron chi connectivity index (χ3n) is 11.4. The molecule has 3 atom stereocenters. The molecule has 0 unspecified atom stereocenters. The first kappa shape index (κ1) is 34.6. The predicted octanol–water partition coefficient (Wildman–Crippen LogP) is 4.33. The summed E-state index contributed by atoms with van der Waals surface area (Å²) in [7, 11) is 5.09. The van der Waals surface area contributed by atoms with Crippen molar-refractivity contribution in [3.05, 3.63) is 64.7 Å². The molecule has 1 amide bonds. The van der Waals surface area contributed by atoms with E-state index in [9.17, 15) is 19.6 Å². The third kappa shape index (κ3) is 6.90. The van der Waals surface area contributed by atoms with Crippen LogP contribution in [0.4, 0.5) is 19.3 Å². The second kappa shape index (κ2) is 14.3. The first-order chi connectivity index (χ1) is 23.0. The second-order valence-corrected chi connectivity index (χ2v) is 14.9. The lowest BCUT2D eigenvalue weighted by molar-refractivity contribution is -0.0364. The highest BCUT2D eigenvalue weighted by Crippen LogP contribution is 2.51. The number of carbonyl (C=O) groups excluding carboxylic acids is 1. The molecular formula is C37H50F2N6O3. The number of aliphatic hydroxyl groups is 1. The molecule has 4 fully saturated rings. The molecule has 9 nitrogen and oxygen atoms in total. The molecule has 4 aliphatic rings. The first-order valence-corrected chi connectivity index (χ1v) is 17.4. The normalized spacial score (nSPS) is 24.4. The van der Waals surface area contributed by atoms with Gasteiger partial charge in [0.1, 0.15) is 11.4 Å². The van der Waals surface area contributed by atoms with Gasteiger partial charge in [-0.05, 0) is 114 Å². The summed E-state index contributed by atoms with van der Waals surface area (Å²) in [6.07, 6.45) is 5.34. The molecule has 1 saturated carbocycles. The Morgan fingerprint density at radius 3 is 2.46 bits per heavy atom. The molecule has 0 aromatic heterocycles. The highest BCUT2D eigenvalue weighted by Gasteiger charge is 2.53. The molecule has 0 radical (unpaired) electrons. The minimum atomic E-state index is -0.965. The number of nitrogens with zero attached hydrogens (tertiary/aromatic N) is 5. The highest BCUT2D eigenvalue weighted by molar-refractivity contribution is 5.67. The van der Waals surface area contributed by atoms with Gasteiger partial charge >= 0.3 is 6.09 Å². The smallest absolute Gasteiger partial charge is 0.407 e. The van der Waals surface area contributed by atoms with E-state index < -0.39 is 17.5 Å². The van der Waals surface area contributed by atoms with Crippen molar-refractivity contribution in [2.24, 2.45) is 11.8 Å². The Labute approximate surface area is 283 Å². The van der Waals surface area contributed by atoms with E-state index in [1.165, 1.54) is 13.2 Å². The summed E-state index contributed by atoms with van der Waals surface area (Å²) in [4.78, 5) is 21.0. The third-order valence-corrected chi connectivity index (χ3v) is 11.4. The van der Waals surface area contributed by atoms with Crippen LogP contribution in [0.1, 0.15) is 55.2 Å². The number of alkyl carbamates (subject to hydrolysis) is 1. The van der Waals surface area contributed by atoms with Gasteiger partial charge in [-0.25, -0.2) is 13.6 Å². The summed E-state index contributed by atoms with van der Waals surface area (Å²) in [5, 5.41) is 24.2. The number of benzene rings is 2. The fourth-order valence-electron chi connectivity index (χ4n) is 9.12. The van der Waals surface area contributed by atoms with Gasteiger partial charge in [0, 0.05) is 49.7 Å². The van der Waals surface area contributed by atoms with Gasteiger partial charge in [0.25, 0.3) is 0 Å². The summed E-state index contributed by atoms with van der Waals surface area (Å²) >= 11 is 0. The summed E-state index contributed by atoms with van der Waals surface area (Å²) in [6.45, 7) is 5.93. The lowest BCUT2D eigenvalue weighted by Gasteiger charge is -2.55. The number of halogens is 2. The van der Waals surface area contributed by atoms with Gasteiger partial charge < -0.3 is 34.8 Å². The largest absolute Gasteiger partial charge is 0.453 e. The number of likely N-dealkylation sites (tertiary alicyclic amines) is 2. The monoisotopic (exact) mass is 664 g/mol. The topological polar surface area (TPSA) is 95.3 Å². The van der Waals surface area contributed by atoms with Crippen LogP contribution in [-0.4, -0.2) is 111 Å². The summed E-state index contributed by atoms with van der Waals surface area (Å²) in [5.74, 6) is -0.234. The number of nitrogens with one attached hydrogen (secondary N) is 1. The van der Waals surface area contributed by atoms with E-state index in [0.717, 1.165) is 76.8 Å². The Morgan fingerprint density at radius 2 is 1.83 bits per heavy atom. The molecule has 6 rings (SSSR count). The van der Waals surface area contributed by atoms with Crippen molar-refractivity contribution in [2.75, 3.05) is 78.5 Å². The van der Waals surface area contributed by atoms with Crippen LogP contribution in [0, 0.1) is 34.8 Å². The van der Waals surface area contributed by atoms with Crippen LogP contribution in [0.25, 0.3) is 0 Å². The van der Waals surface area contributed by atoms with Crippen LogP contribution in [0.15, 0.2) is 36.4 Å². The molecule has 0 bridgehead atoms. The number of anilines is 1. The molecule has 3 heterocycles. The maximum atomic E-state index is 15.6. The fraction of sp³-hybridized carbons (Fsp3) is 0.622. The predicted molar refractivity (Wildman–Crippen MR) is 181 cm³/mol.